The van der Waals surface area contributed by atoms with Gasteiger partial charge < -0.3 is 0 Å². The molecule has 0 aliphatic rings. The normalized spacial score (nSPS) is 11.0. The molecule has 0 aromatic heterocycles. The van der Waals surface area contributed by atoms with Gasteiger partial charge in [0.15, 0.2) is 11.6 Å². The molecule has 12 heavy (non-hydrogen) atoms. The van der Waals surface area contributed by atoms with E-state index in [-0.39, 0.29) is 5.56 Å². The van der Waals surface area contributed by atoms with E-state index in [1.54, 1.807) is 13.0 Å². The highest BCUT2D eigenvalue weighted by Gasteiger charge is 2.06. The Labute approximate surface area is 68.3 Å². The molecule has 0 saturated carbocycles. The summed E-state index contributed by atoms with van der Waals surface area (Å²) < 4.78 is 37.6. The van der Waals surface area contributed by atoms with Crippen LogP contribution >= 0.6 is 0 Å². The van der Waals surface area contributed by atoms with Gasteiger partial charge in [0.2, 0.25) is 0 Å². The Hall–Kier alpha value is -1.25. The van der Waals surface area contributed by atoms with Crippen LogP contribution in [0.3, 0.4) is 0 Å². The van der Waals surface area contributed by atoms with Crippen LogP contribution in [0.1, 0.15) is 12.5 Å². The fourth-order valence-electron chi connectivity index (χ4n) is 0.845. The van der Waals surface area contributed by atoms with Crippen LogP contribution < -0.4 is 0 Å². The second-order valence-corrected chi connectivity index (χ2v) is 2.29. The number of benzene rings is 1. The molecule has 0 fully saturated rings. The summed E-state index contributed by atoms with van der Waals surface area (Å²) in [5.74, 6) is -2.96. The maximum Gasteiger partial charge on any atom is 0.161 e. The number of halogens is 3. The Morgan fingerprint density at radius 3 is 2.17 bits per heavy atom. The van der Waals surface area contributed by atoms with Crippen LogP contribution in [0.15, 0.2) is 18.2 Å². The lowest BCUT2D eigenvalue weighted by atomic mass is 10.2. The highest BCUT2D eigenvalue weighted by Crippen LogP contribution is 2.14. The van der Waals surface area contributed by atoms with E-state index < -0.39 is 17.5 Å². The fourth-order valence-corrected chi connectivity index (χ4v) is 0.845. The first-order valence-corrected chi connectivity index (χ1v) is 3.42. The molecule has 0 atom stereocenters. The summed E-state index contributed by atoms with van der Waals surface area (Å²) in [6.45, 7) is 1.67. The number of hydrogen-bond acceptors (Lipinski definition) is 0. The third-order valence-electron chi connectivity index (χ3n) is 1.39. The number of allylic oxidation sites excluding steroid dienone is 1. The first kappa shape index (κ1) is 8.84. The van der Waals surface area contributed by atoms with Gasteiger partial charge in [-0.25, -0.2) is 13.2 Å². The van der Waals surface area contributed by atoms with Crippen molar-refractivity contribution in [2.45, 2.75) is 6.92 Å². The molecule has 0 saturated heterocycles. The Bertz CT molecular complexity index is 316. The summed E-state index contributed by atoms with van der Waals surface area (Å²) in [5, 5.41) is 0. The fraction of sp³-hybridized carbons (Fsp3) is 0.111. The van der Waals surface area contributed by atoms with Gasteiger partial charge in [0.1, 0.15) is 5.82 Å². The largest absolute Gasteiger partial charge is 0.206 e. The van der Waals surface area contributed by atoms with Crippen LogP contribution in [0.4, 0.5) is 13.2 Å². The van der Waals surface area contributed by atoms with Crippen molar-refractivity contribution in [1.82, 2.24) is 0 Å². The van der Waals surface area contributed by atoms with Crippen LogP contribution in [0.5, 0.6) is 0 Å². The van der Waals surface area contributed by atoms with Crippen molar-refractivity contribution < 1.29 is 13.2 Å². The number of rotatable bonds is 1. The lowest BCUT2D eigenvalue weighted by Gasteiger charge is -1.97. The summed E-state index contributed by atoms with van der Waals surface area (Å²) in [6, 6.07) is 1.36. The molecule has 0 heterocycles. The molecule has 0 amide bonds. The predicted molar refractivity (Wildman–Crippen MR) is 41.0 cm³/mol. The van der Waals surface area contributed by atoms with Gasteiger partial charge in [-0.1, -0.05) is 12.2 Å². The maximum atomic E-state index is 12.8. The quantitative estimate of drug-likeness (QED) is 0.571. The van der Waals surface area contributed by atoms with Crippen LogP contribution in [-0.4, -0.2) is 0 Å². The van der Waals surface area contributed by atoms with E-state index in [0.29, 0.717) is 6.07 Å². The summed E-state index contributed by atoms with van der Waals surface area (Å²) >= 11 is 0. The highest BCUT2D eigenvalue weighted by molar-refractivity contribution is 5.49. The minimum absolute atomic E-state index is 0.0522. The van der Waals surface area contributed by atoms with Crippen molar-refractivity contribution >= 4 is 6.08 Å². The molecular weight excluding hydrogens is 165 g/mol. The monoisotopic (exact) mass is 172 g/mol. The van der Waals surface area contributed by atoms with Crippen LogP contribution in [0.2, 0.25) is 0 Å². The topological polar surface area (TPSA) is 0 Å². The second-order valence-electron chi connectivity index (χ2n) is 2.29. The smallest absolute Gasteiger partial charge is 0.161 e. The average molecular weight is 172 g/mol. The molecule has 0 aliphatic carbocycles. The first-order chi connectivity index (χ1) is 5.65. The summed E-state index contributed by atoms with van der Waals surface area (Å²) in [5.41, 5.74) is 0.0522. The summed E-state index contributed by atoms with van der Waals surface area (Å²) in [4.78, 5) is 0. The van der Waals surface area contributed by atoms with Gasteiger partial charge in [0, 0.05) is 11.6 Å². The standard InChI is InChI=1S/C9H7F3/c1-2-3-6-4-8(11)9(12)5-7(6)10/h2-5H,1H3. The van der Waals surface area contributed by atoms with Crippen LogP contribution in [0.25, 0.3) is 6.08 Å². The Morgan fingerprint density at radius 1 is 1.00 bits per heavy atom. The van der Waals surface area contributed by atoms with Crippen LogP contribution in [0, 0.1) is 17.5 Å². The highest BCUT2D eigenvalue weighted by atomic mass is 19.2. The molecule has 0 bridgehead atoms. The van der Waals surface area contributed by atoms with Gasteiger partial charge in [0.25, 0.3) is 0 Å². The van der Waals surface area contributed by atoms with E-state index in [0.717, 1.165) is 6.07 Å². The van der Waals surface area contributed by atoms with Gasteiger partial charge in [-0.2, -0.15) is 0 Å². The molecule has 0 radical (unpaired) electrons. The summed E-state index contributed by atoms with van der Waals surface area (Å²) in [7, 11) is 0. The molecule has 0 nitrogen and oxygen atoms in total. The Kier molecular flexibility index (Phi) is 2.53. The molecule has 1 aromatic carbocycles. The molecule has 0 spiro atoms. The molecule has 0 N–H and O–H groups in total. The molecule has 3 heteroatoms. The first-order valence-electron chi connectivity index (χ1n) is 3.42. The molecular formula is C9H7F3. The number of hydrogen-bond donors (Lipinski definition) is 0. The third-order valence-corrected chi connectivity index (χ3v) is 1.39. The van der Waals surface area contributed by atoms with Crippen molar-refractivity contribution in [1.29, 1.82) is 0 Å². The van der Waals surface area contributed by atoms with E-state index in [1.807, 2.05) is 0 Å². The maximum absolute atomic E-state index is 12.8. The molecule has 64 valence electrons. The van der Waals surface area contributed by atoms with E-state index in [2.05, 4.69) is 0 Å². The van der Waals surface area contributed by atoms with E-state index in [9.17, 15) is 13.2 Å². The van der Waals surface area contributed by atoms with Gasteiger partial charge in [-0.15, -0.1) is 0 Å². The zero-order valence-electron chi connectivity index (χ0n) is 6.44. The zero-order valence-corrected chi connectivity index (χ0v) is 6.44. The van der Waals surface area contributed by atoms with Gasteiger partial charge in [-0.3, -0.25) is 0 Å². The Balaban J connectivity index is 3.23. The SMILES string of the molecule is CC=Cc1cc(F)c(F)cc1F. The molecule has 0 aliphatic heterocycles. The molecule has 0 unspecified atom stereocenters. The second kappa shape index (κ2) is 3.43. The minimum Gasteiger partial charge on any atom is -0.206 e. The molecule has 1 aromatic rings. The van der Waals surface area contributed by atoms with E-state index in [4.69, 9.17) is 0 Å². The van der Waals surface area contributed by atoms with Crippen molar-refractivity contribution in [3.8, 4) is 0 Å². The minimum atomic E-state index is -1.17. The van der Waals surface area contributed by atoms with Gasteiger partial charge in [0.05, 0.1) is 0 Å². The van der Waals surface area contributed by atoms with E-state index >= 15 is 0 Å². The van der Waals surface area contributed by atoms with Crippen molar-refractivity contribution in [2.24, 2.45) is 0 Å². The van der Waals surface area contributed by atoms with Crippen molar-refractivity contribution in [3.05, 3.63) is 41.2 Å². The lowest BCUT2D eigenvalue weighted by Crippen LogP contribution is -1.89. The average Bonchev–Trinajstić information content (AvgIpc) is 2.01. The van der Waals surface area contributed by atoms with Crippen molar-refractivity contribution in [3.63, 3.8) is 0 Å². The molecule has 1 rings (SSSR count). The lowest BCUT2D eigenvalue weighted by molar-refractivity contribution is 0.494. The zero-order chi connectivity index (χ0) is 9.14. The van der Waals surface area contributed by atoms with Gasteiger partial charge in [-0.05, 0) is 13.0 Å². The van der Waals surface area contributed by atoms with E-state index in [1.165, 1.54) is 6.08 Å². The third kappa shape index (κ3) is 1.67. The van der Waals surface area contributed by atoms with Crippen LogP contribution in [-0.2, 0) is 0 Å². The Morgan fingerprint density at radius 2 is 1.58 bits per heavy atom. The summed E-state index contributed by atoms with van der Waals surface area (Å²) in [6.07, 6.45) is 2.92. The predicted octanol–water partition coefficient (Wildman–Crippen LogP) is 3.14. The van der Waals surface area contributed by atoms with Crippen molar-refractivity contribution in [2.75, 3.05) is 0 Å². The van der Waals surface area contributed by atoms with Gasteiger partial charge >= 0.3 is 0 Å².